The van der Waals surface area contributed by atoms with E-state index in [-0.39, 0.29) is 5.91 Å². The molecular formula is C15H14ClNO2. The molecule has 0 bridgehead atoms. The van der Waals surface area contributed by atoms with Crippen LogP contribution in [0.5, 0.6) is 0 Å². The highest BCUT2D eigenvalue weighted by molar-refractivity contribution is 6.31. The molecule has 0 heterocycles. The van der Waals surface area contributed by atoms with Crippen molar-refractivity contribution in [2.75, 3.05) is 5.32 Å². The first-order chi connectivity index (χ1) is 9.06. The van der Waals surface area contributed by atoms with Gasteiger partial charge in [0.05, 0.1) is 6.10 Å². The zero-order valence-corrected chi connectivity index (χ0v) is 11.2. The molecule has 19 heavy (non-hydrogen) atoms. The summed E-state index contributed by atoms with van der Waals surface area (Å²) in [6, 6.07) is 13.8. The van der Waals surface area contributed by atoms with Gasteiger partial charge in [0, 0.05) is 16.3 Å². The molecule has 0 spiro atoms. The molecule has 1 amide bonds. The number of carbonyl (C=O) groups excluding carboxylic acids is 1. The lowest BCUT2D eigenvalue weighted by molar-refractivity contribution is 0.102. The number of nitrogens with one attached hydrogen (secondary N) is 1. The Morgan fingerprint density at radius 1 is 1.21 bits per heavy atom. The second-order valence-electron chi connectivity index (χ2n) is 4.26. The molecule has 0 aromatic heterocycles. The van der Waals surface area contributed by atoms with E-state index in [1.807, 2.05) is 0 Å². The molecule has 2 rings (SSSR count). The molecule has 0 fully saturated rings. The lowest BCUT2D eigenvalue weighted by Crippen LogP contribution is -2.11. The summed E-state index contributed by atoms with van der Waals surface area (Å²) in [5, 5.41) is 12.7. The minimum absolute atomic E-state index is 0.215. The zero-order valence-electron chi connectivity index (χ0n) is 10.4. The van der Waals surface area contributed by atoms with Gasteiger partial charge >= 0.3 is 0 Å². The summed E-state index contributed by atoms with van der Waals surface area (Å²) in [6.07, 6.45) is -0.516. The predicted molar refractivity (Wildman–Crippen MR) is 76.5 cm³/mol. The standard InChI is InChI=1S/C15H14ClNO2/c1-10(18)11-5-7-14(8-6-11)17-15(19)12-3-2-4-13(16)9-12/h2-10,18H,1H3,(H,17,19)/t10-/m0/s1. The Morgan fingerprint density at radius 3 is 2.47 bits per heavy atom. The fraction of sp³-hybridized carbons (Fsp3) is 0.133. The number of halogens is 1. The first-order valence-corrected chi connectivity index (χ1v) is 6.29. The van der Waals surface area contributed by atoms with Crippen molar-refractivity contribution >= 4 is 23.2 Å². The van der Waals surface area contributed by atoms with Crippen LogP contribution in [-0.4, -0.2) is 11.0 Å². The van der Waals surface area contributed by atoms with Crippen LogP contribution < -0.4 is 5.32 Å². The first kappa shape index (κ1) is 13.6. The Kier molecular flexibility index (Phi) is 4.20. The van der Waals surface area contributed by atoms with Gasteiger partial charge in [0.2, 0.25) is 0 Å². The van der Waals surface area contributed by atoms with E-state index in [0.29, 0.717) is 16.3 Å². The summed E-state index contributed by atoms with van der Waals surface area (Å²) in [6.45, 7) is 1.69. The molecule has 2 aromatic carbocycles. The van der Waals surface area contributed by atoms with E-state index in [1.165, 1.54) is 0 Å². The number of rotatable bonds is 3. The summed E-state index contributed by atoms with van der Waals surface area (Å²) >= 11 is 5.84. The Bertz CT molecular complexity index is 579. The van der Waals surface area contributed by atoms with Crippen LogP contribution in [0, 0.1) is 0 Å². The van der Waals surface area contributed by atoms with Crippen LogP contribution in [0.25, 0.3) is 0 Å². The van der Waals surface area contributed by atoms with Crippen LogP contribution in [0.4, 0.5) is 5.69 Å². The molecular weight excluding hydrogens is 262 g/mol. The normalized spacial score (nSPS) is 11.9. The number of aliphatic hydroxyl groups excluding tert-OH is 1. The quantitative estimate of drug-likeness (QED) is 0.898. The number of carbonyl (C=O) groups is 1. The highest BCUT2D eigenvalue weighted by Crippen LogP contribution is 2.17. The third-order valence-corrected chi connectivity index (χ3v) is 2.97. The Balaban J connectivity index is 2.10. The average Bonchev–Trinajstić information content (AvgIpc) is 2.39. The molecule has 2 aromatic rings. The lowest BCUT2D eigenvalue weighted by atomic mass is 10.1. The predicted octanol–water partition coefficient (Wildman–Crippen LogP) is 3.65. The largest absolute Gasteiger partial charge is 0.389 e. The molecule has 2 N–H and O–H groups in total. The second kappa shape index (κ2) is 5.87. The highest BCUT2D eigenvalue weighted by atomic mass is 35.5. The van der Waals surface area contributed by atoms with E-state index in [9.17, 15) is 9.90 Å². The van der Waals surface area contributed by atoms with Crippen molar-refractivity contribution in [1.29, 1.82) is 0 Å². The molecule has 3 nitrogen and oxygen atoms in total. The van der Waals surface area contributed by atoms with Crippen molar-refractivity contribution in [3.05, 3.63) is 64.7 Å². The van der Waals surface area contributed by atoms with Gasteiger partial charge in [0.15, 0.2) is 0 Å². The van der Waals surface area contributed by atoms with E-state index in [1.54, 1.807) is 55.5 Å². The van der Waals surface area contributed by atoms with Gasteiger partial charge in [0.1, 0.15) is 0 Å². The molecule has 4 heteroatoms. The number of anilines is 1. The van der Waals surface area contributed by atoms with E-state index in [2.05, 4.69) is 5.32 Å². The summed E-state index contributed by atoms with van der Waals surface area (Å²) in [4.78, 5) is 12.0. The van der Waals surface area contributed by atoms with Crippen molar-refractivity contribution in [2.45, 2.75) is 13.0 Å². The van der Waals surface area contributed by atoms with E-state index in [0.717, 1.165) is 5.56 Å². The van der Waals surface area contributed by atoms with Gasteiger partial charge in [-0.25, -0.2) is 0 Å². The fourth-order valence-electron chi connectivity index (χ4n) is 1.68. The van der Waals surface area contributed by atoms with Crippen molar-refractivity contribution in [2.24, 2.45) is 0 Å². The van der Waals surface area contributed by atoms with Crippen LogP contribution in [0.3, 0.4) is 0 Å². The molecule has 98 valence electrons. The van der Waals surface area contributed by atoms with Crippen LogP contribution in [0.2, 0.25) is 5.02 Å². The first-order valence-electron chi connectivity index (χ1n) is 5.91. The van der Waals surface area contributed by atoms with E-state index < -0.39 is 6.10 Å². The fourth-order valence-corrected chi connectivity index (χ4v) is 1.87. The van der Waals surface area contributed by atoms with Crippen molar-refractivity contribution in [1.82, 2.24) is 0 Å². The lowest BCUT2D eigenvalue weighted by Gasteiger charge is -2.08. The third-order valence-electron chi connectivity index (χ3n) is 2.74. The van der Waals surface area contributed by atoms with Crippen LogP contribution in [0.1, 0.15) is 28.9 Å². The maximum Gasteiger partial charge on any atom is 0.255 e. The number of aliphatic hydroxyl groups is 1. The Morgan fingerprint density at radius 2 is 1.89 bits per heavy atom. The van der Waals surface area contributed by atoms with Crippen molar-refractivity contribution < 1.29 is 9.90 Å². The van der Waals surface area contributed by atoms with E-state index >= 15 is 0 Å². The minimum Gasteiger partial charge on any atom is -0.389 e. The molecule has 0 aliphatic carbocycles. The molecule has 0 saturated heterocycles. The van der Waals surface area contributed by atoms with Crippen molar-refractivity contribution in [3.8, 4) is 0 Å². The van der Waals surface area contributed by atoms with E-state index in [4.69, 9.17) is 11.6 Å². The van der Waals surface area contributed by atoms with Crippen LogP contribution in [-0.2, 0) is 0 Å². The monoisotopic (exact) mass is 275 g/mol. The zero-order chi connectivity index (χ0) is 13.8. The van der Waals surface area contributed by atoms with Gasteiger partial charge in [-0.05, 0) is 42.8 Å². The SMILES string of the molecule is C[C@H](O)c1ccc(NC(=O)c2cccc(Cl)c2)cc1. The topological polar surface area (TPSA) is 49.3 Å². The molecule has 0 aliphatic heterocycles. The number of benzene rings is 2. The van der Waals surface area contributed by atoms with Crippen LogP contribution >= 0.6 is 11.6 Å². The minimum atomic E-state index is -0.516. The maximum absolute atomic E-state index is 12.0. The molecule has 0 saturated carbocycles. The second-order valence-corrected chi connectivity index (χ2v) is 4.70. The summed E-state index contributed by atoms with van der Waals surface area (Å²) in [5.74, 6) is -0.215. The number of hydrogen-bond donors (Lipinski definition) is 2. The maximum atomic E-state index is 12.0. The van der Waals surface area contributed by atoms with Gasteiger partial charge in [-0.1, -0.05) is 29.8 Å². The highest BCUT2D eigenvalue weighted by Gasteiger charge is 2.07. The summed E-state index contributed by atoms with van der Waals surface area (Å²) < 4.78 is 0. The van der Waals surface area contributed by atoms with Gasteiger partial charge in [-0.2, -0.15) is 0 Å². The molecule has 0 radical (unpaired) electrons. The van der Waals surface area contributed by atoms with Crippen molar-refractivity contribution in [3.63, 3.8) is 0 Å². The summed E-state index contributed by atoms with van der Waals surface area (Å²) in [5.41, 5.74) is 1.99. The molecule has 1 atom stereocenters. The number of amides is 1. The van der Waals surface area contributed by atoms with Gasteiger partial charge in [-0.3, -0.25) is 4.79 Å². The van der Waals surface area contributed by atoms with Gasteiger partial charge < -0.3 is 10.4 Å². The van der Waals surface area contributed by atoms with Gasteiger partial charge in [-0.15, -0.1) is 0 Å². The summed E-state index contributed by atoms with van der Waals surface area (Å²) in [7, 11) is 0. The third kappa shape index (κ3) is 3.56. The molecule has 0 aliphatic rings. The molecule has 0 unspecified atom stereocenters. The van der Waals surface area contributed by atoms with Crippen LogP contribution in [0.15, 0.2) is 48.5 Å². The average molecular weight is 276 g/mol. The van der Waals surface area contributed by atoms with Gasteiger partial charge in [0.25, 0.3) is 5.91 Å². The Labute approximate surface area is 116 Å². The smallest absolute Gasteiger partial charge is 0.255 e. The Hall–Kier alpha value is -1.84. The number of hydrogen-bond acceptors (Lipinski definition) is 2.